The molecule has 22 heavy (non-hydrogen) atoms. The van der Waals surface area contributed by atoms with Crippen molar-refractivity contribution in [3.63, 3.8) is 0 Å². The number of rotatable bonds is 10. The second kappa shape index (κ2) is 10.3. The lowest BCUT2D eigenvalue weighted by atomic mass is 9.84. The lowest BCUT2D eigenvalue weighted by Crippen LogP contribution is -2.09. The lowest BCUT2D eigenvalue weighted by molar-refractivity contribution is -0.777. The predicted octanol–water partition coefficient (Wildman–Crippen LogP) is 5.12. The Morgan fingerprint density at radius 3 is 2.05 bits per heavy atom. The highest BCUT2D eigenvalue weighted by molar-refractivity contribution is 7.94. The molecule has 1 rings (SSSR count). The molecule has 1 aromatic carbocycles. The molecule has 0 heterocycles. The summed E-state index contributed by atoms with van der Waals surface area (Å²) in [4.78, 5) is 0.866. The minimum atomic E-state index is 0.539. The molecule has 0 N–H and O–H groups in total. The third-order valence-electron chi connectivity index (χ3n) is 4.04. The molecular weight excluding hydrogens is 296 g/mol. The summed E-state index contributed by atoms with van der Waals surface area (Å²) < 4.78 is 4.32. The van der Waals surface area contributed by atoms with Gasteiger partial charge in [0, 0.05) is 4.90 Å². The Morgan fingerprint density at radius 1 is 0.909 bits per heavy atom. The summed E-state index contributed by atoms with van der Waals surface area (Å²) in [6, 6.07) is 8.13. The fourth-order valence-electron chi connectivity index (χ4n) is 3.33. The van der Waals surface area contributed by atoms with Gasteiger partial charge in [0.2, 0.25) is 0 Å². The monoisotopic (exact) mass is 325 g/mol. The molecular formula is C18H29O3S-. The van der Waals surface area contributed by atoms with E-state index in [1.54, 1.807) is 0 Å². The molecule has 0 saturated heterocycles. The first-order chi connectivity index (χ1) is 10.4. The van der Waals surface area contributed by atoms with Crippen LogP contribution in [0.1, 0.15) is 65.4 Å². The van der Waals surface area contributed by atoms with Gasteiger partial charge in [-0.2, -0.15) is 4.33 Å². The first-order valence-corrected chi connectivity index (χ1v) is 8.89. The van der Waals surface area contributed by atoms with Gasteiger partial charge >= 0.3 is 0 Å². The fourth-order valence-corrected chi connectivity index (χ4v) is 3.68. The van der Waals surface area contributed by atoms with Crippen LogP contribution in [0.5, 0.6) is 0 Å². The quantitative estimate of drug-likeness (QED) is 0.340. The summed E-state index contributed by atoms with van der Waals surface area (Å²) >= 11 is 0.934. The molecule has 4 heteroatoms. The van der Waals surface area contributed by atoms with Gasteiger partial charge in [-0.1, -0.05) is 46.8 Å². The van der Waals surface area contributed by atoms with Crippen molar-refractivity contribution < 1.29 is 14.6 Å². The summed E-state index contributed by atoms with van der Waals surface area (Å²) in [5.41, 5.74) is 1.33. The van der Waals surface area contributed by atoms with Gasteiger partial charge < -0.3 is 5.26 Å². The molecule has 3 nitrogen and oxygen atoms in total. The molecule has 0 aliphatic carbocycles. The number of hydrogen-bond acceptors (Lipinski definition) is 4. The highest BCUT2D eigenvalue weighted by atomic mass is 32.2. The van der Waals surface area contributed by atoms with E-state index in [4.69, 9.17) is 0 Å². The van der Waals surface area contributed by atoms with Crippen LogP contribution in [0.4, 0.5) is 0 Å². The average Bonchev–Trinajstić information content (AvgIpc) is 2.44. The average molecular weight is 325 g/mol. The first kappa shape index (κ1) is 19.5. The van der Waals surface area contributed by atoms with Crippen molar-refractivity contribution in [2.24, 2.45) is 17.8 Å². The molecule has 0 saturated carbocycles. The highest BCUT2D eigenvalue weighted by Gasteiger charge is 2.14. The number of hydrogen-bond donors (Lipinski definition) is 0. The van der Waals surface area contributed by atoms with E-state index in [0.29, 0.717) is 5.92 Å². The van der Waals surface area contributed by atoms with Crippen LogP contribution in [-0.4, -0.2) is 0 Å². The maximum Gasteiger partial charge on any atom is 0.0674 e. The molecule has 126 valence electrons. The molecule has 0 spiro atoms. The van der Waals surface area contributed by atoms with Crippen LogP contribution >= 0.6 is 12.0 Å². The van der Waals surface area contributed by atoms with Crippen molar-refractivity contribution in [3.8, 4) is 0 Å². The Bertz CT molecular complexity index is 405. The van der Waals surface area contributed by atoms with E-state index in [0.717, 1.165) is 34.7 Å². The molecule has 0 aliphatic heterocycles. The molecule has 0 amide bonds. The van der Waals surface area contributed by atoms with Gasteiger partial charge in [-0.25, -0.2) is 0 Å². The molecule has 0 aliphatic rings. The normalized spacial score (nSPS) is 15.8. The van der Waals surface area contributed by atoms with Crippen molar-refractivity contribution in [2.45, 2.75) is 64.7 Å². The molecule has 3 unspecified atom stereocenters. The summed E-state index contributed by atoms with van der Waals surface area (Å²) in [6.07, 6.45) is 3.81. The van der Waals surface area contributed by atoms with Gasteiger partial charge in [0.15, 0.2) is 0 Å². The summed E-state index contributed by atoms with van der Waals surface area (Å²) in [6.45, 7) is 11.6. The van der Waals surface area contributed by atoms with Crippen LogP contribution in [0, 0.1) is 17.8 Å². The zero-order valence-corrected chi connectivity index (χ0v) is 15.2. The van der Waals surface area contributed by atoms with Crippen LogP contribution in [0.2, 0.25) is 0 Å². The minimum Gasteiger partial charge on any atom is -0.691 e. The van der Waals surface area contributed by atoms with E-state index in [1.807, 2.05) is 12.1 Å². The van der Waals surface area contributed by atoms with Crippen molar-refractivity contribution in [2.75, 3.05) is 0 Å². The number of benzene rings is 1. The maximum atomic E-state index is 9.81. The van der Waals surface area contributed by atoms with E-state index in [-0.39, 0.29) is 0 Å². The summed E-state index contributed by atoms with van der Waals surface area (Å²) in [5, 5.41) is 13.2. The zero-order chi connectivity index (χ0) is 16.5. The lowest BCUT2D eigenvalue weighted by Gasteiger charge is -2.22. The van der Waals surface area contributed by atoms with Crippen LogP contribution < -0.4 is 5.26 Å². The Labute approximate surface area is 139 Å². The maximum absolute atomic E-state index is 9.81. The van der Waals surface area contributed by atoms with Gasteiger partial charge in [-0.15, -0.1) is 0 Å². The van der Waals surface area contributed by atoms with Crippen molar-refractivity contribution >= 4 is 12.0 Å². The van der Waals surface area contributed by atoms with Gasteiger partial charge in [0.05, 0.1) is 12.0 Å². The second-order valence-electron chi connectivity index (χ2n) is 7.00. The van der Waals surface area contributed by atoms with E-state index in [1.165, 1.54) is 24.8 Å². The Morgan fingerprint density at radius 2 is 1.50 bits per heavy atom. The van der Waals surface area contributed by atoms with E-state index >= 15 is 0 Å². The SMILES string of the molecule is CC(C)CC(C)CC(C)CC(C)c1ccc(SOO[O-])cc1. The van der Waals surface area contributed by atoms with E-state index in [2.05, 4.69) is 56.1 Å². The third-order valence-corrected chi connectivity index (χ3v) is 4.63. The van der Waals surface area contributed by atoms with E-state index in [9.17, 15) is 5.26 Å². The molecule has 3 atom stereocenters. The smallest absolute Gasteiger partial charge is 0.0674 e. The highest BCUT2D eigenvalue weighted by Crippen LogP contribution is 2.30. The molecule has 0 fully saturated rings. The van der Waals surface area contributed by atoms with Crippen molar-refractivity contribution in [1.82, 2.24) is 0 Å². The van der Waals surface area contributed by atoms with Crippen LogP contribution in [0.3, 0.4) is 0 Å². The van der Waals surface area contributed by atoms with Gasteiger partial charge in [-0.3, -0.25) is 5.04 Å². The Kier molecular flexibility index (Phi) is 9.10. The fraction of sp³-hybridized carbons (Fsp3) is 0.667. The Hall–Kier alpha value is -0.550. The standard InChI is InChI=1S/C18H30O3S/c1-13(2)10-14(3)11-15(4)12-16(5)17-6-8-18(9-7-17)22-21-20-19/h6-9,13-16,19H,10-12H2,1-5H3/p-1. The van der Waals surface area contributed by atoms with Crippen LogP contribution in [0.15, 0.2) is 29.2 Å². The van der Waals surface area contributed by atoms with Gasteiger partial charge in [0.25, 0.3) is 0 Å². The molecule has 0 radical (unpaired) electrons. The largest absolute Gasteiger partial charge is 0.691 e. The third kappa shape index (κ3) is 7.63. The Balaban J connectivity index is 2.44. The predicted molar refractivity (Wildman–Crippen MR) is 89.9 cm³/mol. The van der Waals surface area contributed by atoms with Crippen molar-refractivity contribution in [1.29, 1.82) is 0 Å². The van der Waals surface area contributed by atoms with Crippen LogP contribution in [0.25, 0.3) is 0 Å². The van der Waals surface area contributed by atoms with Crippen molar-refractivity contribution in [3.05, 3.63) is 29.8 Å². The first-order valence-electron chi connectivity index (χ1n) is 8.15. The minimum absolute atomic E-state index is 0.539. The van der Waals surface area contributed by atoms with E-state index < -0.39 is 0 Å². The van der Waals surface area contributed by atoms with Crippen LogP contribution in [-0.2, 0) is 9.37 Å². The van der Waals surface area contributed by atoms with Gasteiger partial charge in [-0.05, 0) is 60.6 Å². The second-order valence-corrected chi connectivity index (χ2v) is 7.77. The zero-order valence-electron chi connectivity index (χ0n) is 14.4. The summed E-state index contributed by atoms with van der Waals surface area (Å²) in [5.74, 6) is 2.85. The summed E-state index contributed by atoms with van der Waals surface area (Å²) in [7, 11) is 0. The molecule has 0 aromatic heterocycles. The topological polar surface area (TPSA) is 41.5 Å². The molecule has 1 aromatic rings. The van der Waals surface area contributed by atoms with Gasteiger partial charge in [0.1, 0.15) is 0 Å². The molecule has 0 bridgehead atoms.